The molecule has 1 fully saturated rings. The van der Waals surface area contributed by atoms with E-state index in [-0.39, 0.29) is 43.2 Å². The Morgan fingerprint density at radius 3 is 2.24 bits per heavy atom. The SMILES string of the molecule is NC(=O)COc1ccc(S(=O)(=O)N2CCC(OC(F)(F)F)CC2)cc1. The Kier molecular flexibility index (Phi) is 5.91. The molecule has 0 aromatic heterocycles. The average molecular weight is 382 g/mol. The highest BCUT2D eigenvalue weighted by Gasteiger charge is 2.37. The van der Waals surface area contributed by atoms with Crippen LogP contribution >= 0.6 is 0 Å². The van der Waals surface area contributed by atoms with Crippen molar-refractivity contribution in [2.24, 2.45) is 5.73 Å². The fraction of sp³-hybridized carbons (Fsp3) is 0.500. The molecule has 1 aliphatic heterocycles. The van der Waals surface area contributed by atoms with Crippen LogP contribution in [0.3, 0.4) is 0 Å². The second kappa shape index (κ2) is 7.58. The molecule has 0 aliphatic carbocycles. The molecule has 0 unspecified atom stereocenters. The summed E-state index contributed by atoms with van der Waals surface area (Å²) in [4.78, 5) is 10.6. The van der Waals surface area contributed by atoms with Crippen LogP contribution in [0.1, 0.15) is 12.8 Å². The zero-order chi connectivity index (χ0) is 18.7. The van der Waals surface area contributed by atoms with Gasteiger partial charge in [-0.05, 0) is 37.1 Å². The molecule has 0 atom stereocenters. The molecule has 1 amide bonds. The largest absolute Gasteiger partial charge is 0.522 e. The molecule has 1 aromatic rings. The van der Waals surface area contributed by atoms with Gasteiger partial charge >= 0.3 is 6.36 Å². The van der Waals surface area contributed by atoms with Crippen molar-refractivity contribution in [2.45, 2.75) is 30.2 Å². The molecule has 140 valence electrons. The van der Waals surface area contributed by atoms with E-state index in [0.717, 1.165) is 4.31 Å². The first-order valence-corrected chi connectivity index (χ1v) is 8.78. The minimum Gasteiger partial charge on any atom is -0.484 e. The van der Waals surface area contributed by atoms with Gasteiger partial charge in [-0.2, -0.15) is 4.31 Å². The second-order valence-corrected chi connectivity index (χ2v) is 7.33. The Bertz CT molecular complexity index is 698. The lowest BCUT2D eigenvalue weighted by atomic mass is 10.1. The lowest BCUT2D eigenvalue weighted by Crippen LogP contribution is -2.42. The first-order chi connectivity index (χ1) is 11.6. The van der Waals surface area contributed by atoms with E-state index < -0.39 is 28.4 Å². The molecule has 0 bridgehead atoms. The average Bonchev–Trinajstić information content (AvgIpc) is 2.52. The summed E-state index contributed by atoms with van der Waals surface area (Å²) >= 11 is 0. The lowest BCUT2D eigenvalue weighted by Gasteiger charge is -2.31. The molecule has 1 aromatic carbocycles. The van der Waals surface area contributed by atoms with Crippen molar-refractivity contribution in [1.29, 1.82) is 0 Å². The van der Waals surface area contributed by atoms with E-state index in [4.69, 9.17) is 10.5 Å². The number of benzene rings is 1. The molecular weight excluding hydrogens is 365 g/mol. The number of carbonyl (C=O) groups is 1. The van der Waals surface area contributed by atoms with Crippen molar-refractivity contribution in [2.75, 3.05) is 19.7 Å². The number of hydrogen-bond acceptors (Lipinski definition) is 5. The molecule has 0 spiro atoms. The van der Waals surface area contributed by atoms with Crippen LogP contribution in [0.5, 0.6) is 5.75 Å². The maximum atomic E-state index is 12.5. The third kappa shape index (κ3) is 5.58. The van der Waals surface area contributed by atoms with Crippen molar-refractivity contribution < 1.29 is 35.9 Å². The molecule has 0 saturated carbocycles. The highest BCUT2D eigenvalue weighted by Crippen LogP contribution is 2.27. The van der Waals surface area contributed by atoms with E-state index in [1.54, 1.807) is 0 Å². The lowest BCUT2D eigenvalue weighted by molar-refractivity contribution is -0.345. The van der Waals surface area contributed by atoms with Crippen molar-refractivity contribution in [1.82, 2.24) is 4.31 Å². The summed E-state index contributed by atoms with van der Waals surface area (Å²) in [6, 6.07) is 5.33. The van der Waals surface area contributed by atoms with Crippen LogP contribution in [0.4, 0.5) is 13.2 Å². The Morgan fingerprint density at radius 2 is 1.76 bits per heavy atom. The Hall–Kier alpha value is -1.85. The van der Waals surface area contributed by atoms with E-state index in [1.165, 1.54) is 24.3 Å². The predicted octanol–water partition coefficient (Wildman–Crippen LogP) is 1.24. The number of hydrogen-bond donors (Lipinski definition) is 1. The van der Waals surface area contributed by atoms with E-state index in [0.29, 0.717) is 0 Å². The fourth-order valence-corrected chi connectivity index (χ4v) is 3.86. The minimum absolute atomic E-state index is 0.0193. The van der Waals surface area contributed by atoms with Crippen molar-refractivity contribution in [3.05, 3.63) is 24.3 Å². The van der Waals surface area contributed by atoms with Crippen LogP contribution in [0.15, 0.2) is 29.2 Å². The van der Waals surface area contributed by atoms with Crippen molar-refractivity contribution in [3.63, 3.8) is 0 Å². The summed E-state index contributed by atoms with van der Waals surface area (Å²) in [5.74, 6) is -0.393. The molecule has 25 heavy (non-hydrogen) atoms. The zero-order valence-corrected chi connectivity index (χ0v) is 13.8. The fourth-order valence-electron chi connectivity index (χ4n) is 2.39. The van der Waals surface area contributed by atoms with Crippen LogP contribution in [-0.4, -0.2) is 50.8 Å². The molecule has 2 rings (SSSR count). The van der Waals surface area contributed by atoms with Gasteiger partial charge in [0.2, 0.25) is 10.0 Å². The summed E-state index contributed by atoms with van der Waals surface area (Å²) in [5.41, 5.74) is 4.94. The molecule has 1 aliphatic rings. The van der Waals surface area contributed by atoms with E-state index >= 15 is 0 Å². The van der Waals surface area contributed by atoms with Gasteiger partial charge in [0.05, 0.1) is 11.0 Å². The van der Waals surface area contributed by atoms with Gasteiger partial charge in [-0.1, -0.05) is 0 Å². The van der Waals surface area contributed by atoms with Gasteiger partial charge in [0, 0.05) is 13.1 Å². The smallest absolute Gasteiger partial charge is 0.484 e. The van der Waals surface area contributed by atoms with Crippen LogP contribution in [0.2, 0.25) is 0 Å². The predicted molar refractivity (Wildman–Crippen MR) is 80.1 cm³/mol. The first kappa shape index (κ1) is 19.5. The molecule has 1 saturated heterocycles. The highest BCUT2D eigenvalue weighted by molar-refractivity contribution is 7.89. The zero-order valence-electron chi connectivity index (χ0n) is 13.0. The van der Waals surface area contributed by atoms with Gasteiger partial charge in [-0.25, -0.2) is 8.42 Å². The molecule has 7 nitrogen and oxygen atoms in total. The number of carbonyl (C=O) groups excluding carboxylic acids is 1. The second-order valence-electron chi connectivity index (χ2n) is 5.39. The number of piperidine rings is 1. The summed E-state index contributed by atoms with van der Waals surface area (Å²) in [6.45, 7) is -0.467. The summed E-state index contributed by atoms with van der Waals surface area (Å²) in [7, 11) is -3.83. The maximum absolute atomic E-state index is 12.5. The van der Waals surface area contributed by atoms with E-state index in [2.05, 4.69) is 4.74 Å². The minimum atomic E-state index is -4.73. The van der Waals surface area contributed by atoms with Crippen molar-refractivity contribution in [3.8, 4) is 5.75 Å². The molecule has 1 heterocycles. The number of ether oxygens (including phenoxy) is 2. The molecule has 2 N–H and O–H groups in total. The summed E-state index contributed by atoms with van der Waals surface area (Å²) < 4.78 is 71.7. The highest BCUT2D eigenvalue weighted by atomic mass is 32.2. The van der Waals surface area contributed by atoms with Crippen LogP contribution in [-0.2, 0) is 19.6 Å². The number of amides is 1. The number of sulfonamides is 1. The third-order valence-corrected chi connectivity index (χ3v) is 5.46. The Balaban J connectivity index is 1.98. The number of nitrogens with zero attached hydrogens (tertiary/aromatic N) is 1. The van der Waals surface area contributed by atoms with E-state index in [9.17, 15) is 26.4 Å². The van der Waals surface area contributed by atoms with Crippen LogP contribution < -0.4 is 10.5 Å². The summed E-state index contributed by atoms with van der Waals surface area (Å²) in [6.07, 6.45) is -5.86. The van der Waals surface area contributed by atoms with Gasteiger partial charge in [0.25, 0.3) is 5.91 Å². The first-order valence-electron chi connectivity index (χ1n) is 7.34. The van der Waals surface area contributed by atoms with Gasteiger partial charge in [0.1, 0.15) is 5.75 Å². The van der Waals surface area contributed by atoms with Crippen molar-refractivity contribution >= 4 is 15.9 Å². The van der Waals surface area contributed by atoms with Gasteiger partial charge in [0.15, 0.2) is 6.61 Å². The quantitative estimate of drug-likeness (QED) is 0.798. The van der Waals surface area contributed by atoms with Crippen LogP contribution in [0, 0.1) is 0 Å². The third-order valence-electron chi connectivity index (χ3n) is 3.54. The van der Waals surface area contributed by atoms with E-state index in [1.807, 2.05) is 0 Å². The Labute approximate surface area is 142 Å². The normalized spacial score (nSPS) is 17.4. The van der Waals surface area contributed by atoms with Gasteiger partial charge in [-0.15, -0.1) is 13.2 Å². The number of halogens is 3. The molecule has 0 radical (unpaired) electrons. The van der Waals surface area contributed by atoms with Gasteiger partial charge < -0.3 is 10.5 Å². The number of alkyl halides is 3. The molecular formula is C14H17F3N2O5S. The Morgan fingerprint density at radius 1 is 1.20 bits per heavy atom. The molecule has 11 heteroatoms. The standard InChI is InChI=1S/C14H17F3N2O5S/c15-14(16,17)24-11-5-7-19(8-6-11)25(21,22)12-3-1-10(2-4-12)23-9-13(18)20/h1-4,11H,5-9H2,(H2,18,20). The topological polar surface area (TPSA) is 98.9 Å². The monoisotopic (exact) mass is 382 g/mol. The maximum Gasteiger partial charge on any atom is 0.522 e. The number of primary amides is 1. The van der Waals surface area contributed by atoms with Gasteiger partial charge in [-0.3, -0.25) is 9.53 Å². The number of rotatable bonds is 6. The van der Waals surface area contributed by atoms with Crippen LogP contribution in [0.25, 0.3) is 0 Å². The number of nitrogens with two attached hydrogens (primary N) is 1. The summed E-state index contributed by atoms with van der Waals surface area (Å²) in [5, 5.41) is 0.